The first-order valence-electron chi connectivity index (χ1n) is 6.21. The van der Waals surface area contributed by atoms with Crippen LogP contribution in [0.3, 0.4) is 0 Å². The molecule has 0 aliphatic carbocycles. The zero-order valence-electron chi connectivity index (χ0n) is 11.2. The van der Waals surface area contributed by atoms with E-state index in [0.717, 1.165) is 18.7 Å². The third-order valence-corrected chi connectivity index (χ3v) is 4.26. The van der Waals surface area contributed by atoms with Crippen molar-refractivity contribution in [1.82, 2.24) is 10.3 Å². The van der Waals surface area contributed by atoms with Crippen LogP contribution in [-0.2, 0) is 12.0 Å². The van der Waals surface area contributed by atoms with E-state index in [2.05, 4.69) is 47.7 Å². The maximum Gasteiger partial charge on any atom is 0.140 e. The molecule has 3 nitrogen and oxygen atoms in total. The van der Waals surface area contributed by atoms with Crippen LogP contribution in [-0.4, -0.2) is 11.5 Å². The molecule has 2 aromatic rings. The average molecular weight is 271 g/mol. The molecular formula is C15H17N3S. The standard InChI is InChI=1S/C15H17N3S/c1-15(2,14-4-3-7-19-14)11-17-10-12-5-6-18-13(8-12)9-16/h3-8,17H,10-11H2,1-2H3. The number of pyridine rings is 1. The average Bonchev–Trinajstić information content (AvgIpc) is 2.93. The molecule has 2 rings (SSSR count). The minimum atomic E-state index is 0.124. The lowest BCUT2D eigenvalue weighted by molar-refractivity contribution is 0.476. The predicted molar refractivity (Wildman–Crippen MR) is 78.0 cm³/mol. The van der Waals surface area contributed by atoms with Gasteiger partial charge in [0.05, 0.1) is 0 Å². The van der Waals surface area contributed by atoms with Gasteiger partial charge in [-0.05, 0) is 29.1 Å². The number of nitrogens with zero attached hydrogens (tertiary/aromatic N) is 2. The lowest BCUT2D eigenvalue weighted by atomic mass is 9.91. The Balaban J connectivity index is 1.91. The predicted octanol–water partition coefficient (Wildman–Crippen LogP) is 3.08. The second-order valence-corrected chi connectivity index (χ2v) is 6.07. The highest BCUT2D eigenvalue weighted by Crippen LogP contribution is 2.26. The van der Waals surface area contributed by atoms with Crippen molar-refractivity contribution in [3.05, 3.63) is 52.0 Å². The van der Waals surface area contributed by atoms with Gasteiger partial charge in [-0.1, -0.05) is 19.9 Å². The summed E-state index contributed by atoms with van der Waals surface area (Å²) in [4.78, 5) is 5.35. The van der Waals surface area contributed by atoms with Crippen molar-refractivity contribution in [2.75, 3.05) is 6.54 Å². The topological polar surface area (TPSA) is 48.7 Å². The molecule has 0 aromatic carbocycles. The van der Waals surface area contributed by atoms with Crippen molar-refractivity contribution in [3.8, 4) is 6.07 Å². The summed E-state index contributed by atoms with van der Waals surface area (Å²) in [5.41, 5.74) is 1.68. The van der Waals surface area contributed by atoms with E-state index in [9.17, 15) is 0 Å². The summed E-state index contributed by atoms with van der Waals surface area (Å²) >= 11 is 1.79. The van der Waals surface area contributed by atoms with Gasteiger partial charge in [-0.3, -0.25) is 0 Å². The summed E-state index contributed by atoms with van der Waals surface area (Å²) < 4.78 is 0. The van der Waals surface area contributed by atoms with Crippen molar-refractivity contribution < 1.29 is 0 Å². The summed E-state index contributed by atoms with van der Waals surface area (Å²) in [7, 11) is 0. The third kappa shape index (κ3) is 3.63. The number of hydrogen-bond donors (Lipinski definition) is 1. The number of nitrogens with one attached hydrogen (secondary N) is 1. The first-order valence-corrected chi connectivity index (χ1v) is 7.09. The van der Waals surface area contributed by atoms with Crippen LogP contribution >= 0.6 is 11.3 Å². The molecular weight excluding hydrogens is 254 g/mol. The Morgan fingerprint density at radius 2 is 2.26 bits per heavy atom. The Hall–Kier alpha value is -1.70. The molecule has 0 unspecified atom stereocenters. The van der Waals surface area contributed by atoms with Crippen molar-refractivity contribution in [2.24, 2.45) is 0 Å². The van der Waals surface area contributed by atoms with Gasteiger partial charge in [-0.15, -0.1) is 11.3 Å². The van der Waals surface area contributed by atoms with E-state index in [4.69, 9.17) is 5.26 Å². The Morgan fingerprint density at radius 3 is 2.95 bits per heavy atom. The van der Waals surface area contributed by atoms with E-state index in [0.29, 0.717) is 5.69 Å². The molecule has 1 N–H and O–H groups in total. The van der Waals surface area contributed by atoms with E-state index < -0.39 is 0 Å². The number of rotatable bonds is 5. The summed E-state index contributed by atoms with van der Waals surface area (Å²) in [5.74, 6) is 0. The second kappa shape index (κ2) is 5.96. The molecule has 0 radical (unpaired) electrons. The summed E-state index contributed by atoms with van der Waals surface area (Å²) in [6.45, 7) is 6.13. The smallest absolute Gasteiger partial charge is 0.140 e. The fraction of sp³-hybridized carbons (Fsp3) is 0.333. The van der Waals surface area contributed by atoms with Crippen molar-refractivity contribution in [2.45, 2.75) is 25.8 Å². The molecule has 19 heavy (non-hydrogen) atoms. The van der Waals surface area contributed by atoms with Gasteiger partial charge < -0.3 is 5.32 Å². The molecule has 0 saturated carbocycles. The molecule has 0 aliphatic rings. The maximum atomic E-state index is 8.81. The molecule has 0 fully saturated rings. The Bertz CT molecular complexity index is 567. The van der Waals surface area contributed by atoms with Gasteiger partial charge in [0.15, 0.2) is 0 Å². The highest BCUT2D eigenvalue weighted by atomic mass is 32.1. The molecule has 2 heterocycles. The molecule has 0 bridgehead atoms. The first-order chi connectivity index (χ1) is 9.12. The fourth-order valence-electron chi connectivity index (χ4n) is 1.92. The lowest BCUT2D eigenvalue weighted by Gasteiger charge is -2.23. The molecule has 0 aliphatic heterocycles. The van der Waals surface area contributed by atoms with Crippen molar-refractivity contribution in [3.63, 3.8) is 0 Å². The van der Waals surface area contributed by atoms with E-state index in [1.165, 1.54) is 4.88 Å². The minimum Gasteiger partial charge on any atom is -0.312 e. The van der Waals surface area contributed by atoms with Gasteiger partial charge in [0.1, 0.15) is 11.8 Å². The number of thiophene rings is 1. The van der Waals surface area contributed by atoms with Gasteiger partial charge >= 0.3 is 0 Å². The Kier molecular flexibility index (Phi) is 4.31. The summed E-state index contributed by atoms with van der Waals surface area (Å²) in [6, 6.07) is 10.1. The van der Waals surface area contributed by atoms with E-state index >= 15 is 0 Å². The Labute approximate surface area is 117 Å². The van der Waals surface area contributed by atoms with Crippen LogP contribution in [0.4, 0.5) is 0 Å². The normalized spacial score (nSPS) is 11.2. The monoisotopic (exact) mass is 271 g/mol. The molecule has 0 saturated heterocycles. The third-order valence-electron chi connectivity index (χ3n) is 3.02. The van der Waals surface area contributed by atoms with Gasteiger partial charge in [-0.2, -0.15) is 5.26 Å². The van der Waals surface area contributed by atoms with Crippen LogP contribution in [0.25, 0.3) is 0 Å². The molecule has 4 heteroatoms. The molecule has 98 valence electrons. The van der Waals surface area contributed by atoms with Gasteiger partial charge in [0.25, 0.3) is 0 Å². The van der Waals surface area contributed by atoms with Crippen LogP contribution in [0.5, 0.6) is 0 Å². The SMILES string of the molecule is CC(C)(CNCc1ccnc(C#N)c1)c1cccs1. The number of aromatic nitrogens is 1. The van der Waals surface area contributed by atoms with Crippen molar-refractivity contribution >= 4 is 11.3 Å². The van der Waals surface area contributed by atoms with Crippen LogP contribution < -0.4 is 5.32 Å². The Morgan fingerprint density at radius 1 is 1.42 bits per heavy atom. The van der Waals surface area contributed by atoms with E-state index in [1.54, 1.807) is 17.5 Å². The molecule has 0 amide bonds. The molecule has 2 aromatic heterocycles. The highest BCUT2D eigenvalue weighted by Gasteiger charge is 2.20. The van der Waals surface area contributed by atoms with Crippen LogP contribution in [0.2, 0.25) is 0 Å². The van der Waals surface area contributed by atoms with Gasteiger partial charge in [0, 0.05) is 29.6 Å². The second-order valence-electron chi connectivity index (χ2n) is 5.13. The summed E-state index contributed by atoms with van der Waals surface area (Å²) in [6.07, 6.45) is 1.68. The molecule has 0 spiro atoms. The minimum absolute atomic E-state index is 0.124. The van der Waals surface area contributed by atoms with Crippen LogP contribution in [0.1, 0.15) is 30.0 Å². The van der Waals surface area contributed by atoms with Crippen LogP contribution in [0, 0.1) is 11.3 Å². The zero-order chi connectivity index (χ0) is 13.7. The van der Waals surface area contributed by atoms with Crippen LogP contribution in [0.15, 0.2) is 35.8 Å². The maximum absolute atomic E-state index is 8.81. The zero-order valence-corrected chi connectivity index (χ0v) is 12.0. The number of nitriles is 1. The van der Waals surface area contributed by atoms with Gasteiger partial charge in [-0.25, -0.2) is 4.98 Å². The van der Waals surface area contributed by atoms with E-state index in [-0.39, 0.29) is 5.41 Å². The van der Waals surface area contributed by atoms with Crippen molar-refractivity contribution in [1.29, 1.82) is 5.26 Å². The fourth-order valence-corrected chi connectivity index (χ4v) is 2.77. The molecule has 0 atom stereocenters. The number of hydrogen-bond acceptors (Lipinski definition) is 4. The quantitative estimate of drug-likeness (QED) is 0.909. The summed E-state index contributed by atoms with van der Waals surface area (Å²) in [5, 5.41) is 14.4. The van der Waals surface area contributed by atoms with Gasteiger partial charge in [0.2, 0.25) is 0 Å². The highest BCUT2D eigenvalue weighted by molar-refractivity contribution is 7.10. The van der Waals surface area contributed by atoms with E-state index in [1.807, 2.05) is 12.1 Å². The largest absolute Gasteiger partial charge is 0.312 e. The lowest BCUT2D eigenvalue weighted by Crippen LogP contribution is -2.31. The first kappa shape index (κ1) is 13.7.